The van der Waals surface area contributed by atoms with Crippen molar-refractivity contribution in [1.29, 1.82) is 0 Å². The zero-order chi connectivity index (χ0) is 26.3. The first-order valence-electron chi connectivity index (χ1n) is 11.5. The van der Waals surface area contributed by atoms with Gasteiger partial charge in [0.2, 0.25) is 0 Å². The smallest absolute Gasteiger partial charge is 0.416 e. The minimum Gasteiger partial charge on any atom is -0.485 e. The molecule has 3 aromatic carbocycles. The van der Waals surface area contributed by atoms with Crippen LogP contribution in [0, 0.1) is 5.92 Å². The van der Waals surface area contributed by atoms with E-state index in [4.69, 9.17) is 4.74 Å². The summed E-state index contributed by atoms with van der Waals surface area (Å²) in [5.74, 6) is 0.0644. The first-order valence-corrected chi connectivity index (χ1v) is 11.5. The van der Waals surface area contributed by atoms with E-state index in [1.807, 2.05) is 26.0 Å². The molecular weight excluding hydrogens is 471 g/mol. The van der Waals surface area contributed by atoms with Gasteiger partial charge in [0.05, 0.1) is 19.1 Å². The van der Waals surface area contributed by atoms with Crippen molar-refractivity contribution in [2.24, 2.45) is 5.92 Å². The standard InChI is InChI=1S/C28H28F3NO4/c1-18(2)26(21-4-6-22(7-5-21)27(34)32-17-16-25(33)35-3)36-24-14-10-20(11-15-24)19-8-12-23(13-9-19)28(29,30)31/h4-15,18,26H,16-17H2,1-3H3,(H,32,34). The quantitative estimate of drug-likeness (QED) is 0.344. The van der Waals surface area contributed by atoms with Gasteiger partial charge in [-0.25, -0.2) is 0 Å². The number of nitrogens with one attached hydrogen (secondary N) is 1. The van der Waals surface area contributed by atoms with Crippen molar-refractivity contribution in [1.82, 2.24) is 5.32 Å². The number of hydrogen-bond acceptors (Lipinski definition) is 4. The van der Waals surface area contributed by atoms with Gasteiger partial charge in [-0.05, 0) is 59.0 Å². The van der Waals surface area contributed by atoms with Gasteiger partial charge in [0.15, 0.2) is 0 Å². The van der Waals surface area contributed by atoms with Gasteiger partial charge < -0.3 is 14.8 Å². The van der Waals surface area contributed by atoms with Crippen molar-refractivity contribution >= 4 is 11.9 Å². The van der Waals surface area contributed by atoms with Crippen molar-refractivity contribution < 1.29 is 32.2 Å². The highest BCUT2D eigenvalue weighted by molar-refractivity contribution is 5.94. The molecule has 1 amide bonds. The molecule has 5 nitrogen and oxygen atoms in total. The van der Waals surface area contributed by atoms with Crippen molar-refractivity contribution in [3.8, 4) is 16.9 Å². The van der Waals surface area contributed by atoms with Crippen LogP contribution in [0.2, 0.25) is 0 Å². The Labute approximate surface area is 208 Å². The van der Waals surface area contributed by atoms with Gasteiger partial charge in [-0.15, -0.1) is 0 Å². The summed E-state index contributed by atoms with van der Waals surface area (Å²) in [5, 5.41) is 2.68. The Kier molecular flexibility index (Phi) is 8.74. The fraction of sp³-hybridized carbons (Fsp3) is 0.286. The summed E-state index contributed by atoms with van der Waals surface area (Å²) in [6.07, 6.45) is -4.55. The molecule has 0 aliphatic heterocycles. The highest BCUT2D eigenvalue weighted by Gasteiger charge is 2.30. The van der Waals surface area contributed by atoms with E-state index in [9.17, 15) is 22.8 Å². The molecule has 3 rings (SSSR count). The number of hydrogen-bond donors (Lipinski definition) is 1. The van der Waals surface area contributed by atoms with Gasteiger partial charge in [0.25, 0.3) is 5.91 Å². The molecule has 0 fully saturated rings. The number of benzene rings is 3. The number of amides is 1. The van der Waals surface area contributed by atoms with Crippen molar-refractivity contribution in [3.63, 3.8) is 0 Å². The summed E-state index contributed by atoms with van der Waals surface area (Å²) in [7, 11) is 1.30. The summed E-state index contributed by atoms with van der Waals surface area (Å²) in [5.41, 5.74) is 2.13. The van der Waals surface area contributed by atoms with Crippen LogP contribution in [-0.4, -0.2) is 25.5 Å². The molecule has 1 atom stereocenters. The molecule has 0 saturated heterocycles. The molecule has 36 heavy (non-hydrogen) atoms. The lowest BCUT2D eigenvalue weighted by Gasteiger charge is -2.23. The Balaban J connectivity index is 1.66. The van der Waals surface area contributed by atoms with Crippen LogP contribution in [-0.2, 0) is 15.7 Å². The maximum absolute atomic E-state index is 12.8. The number of ether oxygens (including phenoxy) is 2. The van der Waals surface area contributed by atoms with Gasteiger partial charge in [-0.1, -0.05) is 50.2 Å². The van der Waals surface area contributed by atoms with E-state index in [0.29, 0.717) is 16.9 Å². The molecule has 0 aromatic heterocycles. The summed E-state index contributed by atoms with van der Waals surface area (Å²) in [6.45, 7) is 4.23. The maximum Gasteiger partial charge on any atom is 0.416 e. The highest BCUT2D eigenvalue weighted by Crippen LogP contribution is 2.33. The highest BCUT2D eigenvalue weighted by atomic mass is 19.4. The average molecular weight is 500 g/mol. The fourth-order valence-corrected chi connectivity index (χ4v) is 3.62. The van der Waals surface area contributed by atoms with E-state index in [-0.39, 0.29) is 30.9 Å². The minimum absolute atomic E-state index is 0.0985. The fourth-order valence-electron chi connectivity index (χ4n) is 3.62. The molecular formula is C28H28F3NO4. The van der Waals surface area contributed by atoms with Gasteiger partial charge >= 0.3 is 12.1 Å². The van der Waals surface area contributed by atoms with Crippen LogP contribution in [0.4, 0.5) is 13.2 Å². The summed E-state index contributed by atoms with van der Waals surface area (Å²) >= 11 is 0. The van der Waals surface area contributed by atoms with Crippen molar-refractivity contribution in [2.45, 2.75) is 32.5 Å². The van der Waals surface area contributed by atoms with Gasteiger partial charge in [0.1, 0.15) is 11.9 Å². The lowest BCUT2D eigenvalue weighted by Crippen LogP contribution is -2.26. The number of halogens is 3. The van der Waals surface area contributed by atoms with Crippen molar-refractivity contribution in [3.05, 3.63) is 89.5 Å². The molecule has 0 aliphatic carbocycles. The SMILES string of the molecule is COC(=O)CCNC(=O)c1ccc(C(Oc2ccc(-c3ccc(C(F)(F)F)cc3)cc2)C(C)C)cc1. The van der Waals surface area contributed by atoms with E-state index in [1.165, 1.54) is 19.2 Å². The number of carbonyl (C=O) groups excluding carboxylic acids is 2. The summed E-state index contributed by atoms with van der Waals surface area (Å²) < 4.78 is 49.2. The number of methoxy groups -OCH3 is 1. The monoisotopic (exact) mass is 499 g/mol. The van der Waals surface area contributed by atoms with Gasteiger partial charge in [-0.2, -0.15) is 13.2 Å². The minimum atomic E-state index is -4.37. The van der Waals surface area contributed by atoms with Gasteiger partial charge in [-0.3, -0.25) is 9.59 Å². The van der Waals surface area contributed by atoms with E-state index < -0.39 is 17.7 Å². The van der Waals surface area contributed by atoms with Crippen LogP contribution in [0.3, 0.4) is 0 Å². The number of alkyl halides is 3. The first kappa shape index (κ1) is 26.8. The Morgan fingerprint density at radius 2 is 1.42 bits per heavy atom. The van der Waals surface area contributed by atoms with Crippen molar-refractivity contribution in [2.75, 3.05) is 13.7 Å². The molecule has 1 unspecified atom stereocenters. The molecule has 0 spiro atoms. The predicted octanol–water partition coefficient (Wildman–Crippen LogP) is 6.44. The van der Waals surface area contributed by atoms with Crippen LogP contribution in [0.1, 0.15) is 47.9 Å². The Morgan fingerprint density at radius 1 is 0.861 bits per heavy atom. The molecule has 0 saturated carbocycles. The average Bonchev–Trinajstić information content (AvgIpc) is 2.87. The normalized spacial score (nSPS) is 12.2. The second kappa shape index (κ2) is 11.7. The third kappa shape index (κ3) is 7.10. The number of carbonyl (C=O) groups is 2. The van der Waals surface area contributed by atoms with Crippen LogP contribution < -0.4 is 10.1 Å². The van der Waals surface area contributed by atoms with E-state index >= 15 is 0 Å². The maximum atomic E-state index is 12.8. The molecule has 1 N–H and O–H groups in total. The molecule has 0 heterocycles. The number of esters is 1. The summed E-state index contributed by atoms with van der Waals surface area (Å²) in [4.78, 5) is 23.5. The predicted molar refractivity (Wildman–Crippen MR) is 130 cm³/mol. The molecule has 3 aromatic rings. The molecule has 190 valence electrons. The van der Waals surface area contributed by atoms with E-state index in [1.54, 1.807) is 36.4 Å². The Morgan fingerprint density at radius 3 is 1.92 bits per heavy atom. The van der Waals surface area contributed by atoms with Gasteiger partial charge in [0, 0.05) is 12.1 Å². The van der Waals surface area contributed by atoms with Crippen LogP contribution >= 0.6 is 0 Å². The lowest BCUT2D eigenvalue weighted by atomic mass is 9.97. The third-order valence-corrected chi connectivity index (χ3v) is 5.61. The second-order valence-corrected chi connectivity index (χ2v) is 8.59. The number of rotatable bonds is 9. The topological polar surface area (TPSA) is 64.6 Å². The molecule has 0 bridgehead atoms. The van der Waals surface area contributed by atoms with E-state index in [2.05, 4.69) is 10.1 Å². The summed E-state index contributed by atoms with van der Waals surface area (Å²) in [6, 6.07) is 19.3. The Bertz CT molecular complexity index is 1160. The molecule has 0 radical (unpaired) electrons. The first-order chi connectivity index (χ1) is 17.1. The van der Waals surface area contributed by atoms with Crippen LogP contribution in [0.25, 0.3) is 11.1 Å². The van der Waals surface area contributed by atoms with Crippen LogP contribution in [0.5, 0.6) is 5.75 Å². The molecule has 8 heteroatoms. The zero-order valence-corrected chi connectivity index (χ0v) is 20.3. The van der Waals surface area contributed by atoms with E-state index in [0.717, 1.165) is 23.3 Å². The van der Waals surface area contributed by atoms with Crippen LogP contribution in [0.15, 0.2) is 72.8 Å². The lowest BCUT2D eigenvalue weighted by molar-refractivity contribution is -0.140. The second-order valence-electron chi connectivity index (χ2n) is 8.59. The third-order valence-electron chi connectivity index (χ3n) is 5.61. The zero-order valence-electron chi connectivity index (χ0n) is 20.3. The largest absolute Gasteiger partial charge is 0.485 e. The molecule has 0 aliphatic rings. The Hall–Kier alpha value is -3.81.